The quantitative estimate of drug-likeness (QED) is 0.0239. The van der Waals surface area contributed by atoms with Gasteiger partial charge in [-0.15, -0.1) is 12.4 Å². The number of carbonyl (C=O) groups is 1. The standard InChI is InChI=1S/C27H33N3O2.C27H31N3O2.C19H24N2O2.C11H15NO2.C8H11NO.C7H8O.ClH.U.V/c2*1-7-30(8-2)20-11-14-23-26(17-20)32-25-16-19(29(5)6)10-13-22(25)27(23)21-12-9-18(28(3)4)15-24(21)31;1-5-21(6-2)14-8-10-16-18(12-14)23-17-11-13(20(3)4)7-9-15(17)19(16)22;1-3-12(4-2)10-6-5-9(8-13)11(14)7-10;1-9(2)7-4-3-5-8(10)6-7;1-6-3-2-4-7(8)5-6;;;/h9-17,27,31H,7-8H2,1-6H3;9-17H,7-8H2,1-6H3;7-12,19,22H,5-6H2,1-4H3;5-8,14H,3-4H2,1-2H3;3-6,10H,1-2H3;2-5,8H,1H3;1H;;/p+1. The molecule has 1 aliphatic carbocycles. The van der Waals surface area contributed by atoms with Gasteiger partial charge < -0.3 is 88.6 Å². The minimum Gasteiger partial charge on any atom is -0.508 e. The van der Waals surface area contributed by atoms with Crippen molar-refractivity contribution in [2.24, 2.45) is 0 Å². The maximum absolute atomic E-state index is 11.0. The molecule has 0 amide bonds. The molecule has 2 unspecified atom stereocenters. The topological polar surface area (TPSA) is 202 Å². The first-order chi connectivity index (χ1) is 56.9. The van der Waals surface area contributed by atoms with Crippen molar-refractivity contribution in [2.45, 2.75) is 74.3 Å². The number of aldehydes is 1. The van der Waals surface area contributed by atoms with Crippen LogP contribution in [0.15, 0.2) is 217 Å². The molecule has 0 aromatic heterocycles. The number of nitrogens with zero attached hydrogens (tertiary/aromatic N) is 10. The molecule has 3 aliphatic heterocycles. The summed E-state index contributed by atoms with van der Waals surface area (Å²) in [5.74, 6) is 5.09. The van der Waals surface area contributed by atoms with E-state index >= 15 is 0 Å². The van der Waals surface area contributed by atoms with E-state index in [0.717, 1.165) is 199 Å². The van der Waals surface area contributed by atoms with Gasteiger partial charge in [-0.05, 0) is 165 Å². The third-order valence-corrected chi connectivity index (χ3v) is 21.5. The van der Waals surface area contributed by atoms with Crippen molar-refractivity contribution >= 4 is 80.8 Å². The van der Waals surface area contributed by atoms with Gasteiger partial charge in [-0.25, -0.2) is 4.58 Å². The van der Waals surface area contributed by atoms with Gasteiger partial charge in [0, 0.05) is 340 Å². The van der Waals surface area contributed by atoms with E-state index in [0.29, 0.717) is 29.1 Å². The Bertz CT molecular complexity index is 5420. The van der Waals surface area contributed by atoms with Gasteiger partial charge in [-0.1, -0.05) is 48.5 Å². The Labute approximate surface area is 764 Å². The molecule has 6 N–H and O–H groups in total. The Morgan fingerprint density at radius 2 is 0.738 bits per heavy atom. The summed E-state index contributed by atoms with van der Waals surface area (Å²) in [5, 5.41) is 62.1. The second kappa shape index (κ2) is 46.5. The Hall–Kier alpha value is -10.8. The summed E-state index contributed by atoms with van der Waals surface area (Å²) >= 11 is 0. The number of hydrogen-bond acceptors (Lipinski definition) is 19. The molecule has 0 spiro atoms. The number of anilines is 9. The molecule has 122 heavy (non-hydrogen) atoms. The molecule has 10 aromatic rings. The van der Waals surface area contributed by atoms with E-state index in [1.54, 1.807) is 36.4 Å². The largest absolute Gasteiger partial charge is 0.508 e. The average Bonchev–Trinajstić information content (AvgIpc) is 0.751. The van der Waals surface area contributed by atoms with Crippen LogP contribution in [0.1, 0.15) is 111 Å². The maximum Gasteiger partial charge on any atom is 0.203 e. The van der Waals surface area contributed by atoms with E-state index in [9.17, 15) is 25.2 Å². The van der Waals surface area contributed by atoms with Crippen LogP contribution in [0.2, 0.25) is 0 Å². The molecule has 0 bridgehead atoms. The monoisotopic (exact) mass is 1940 g/mol. The number of phenols is 5. The third-order valence-electron chi connectivity index (χ3n) is 21.5. The molecule has 14 rings (SSSR count). The number of aliphatic hydroxyl groups excluding tert-OH is 1. The van der Waals surface area contributed by atoms with Crippen molar-refractivity contribution in [3.63, 3.8) is 0 Å². The molecule has 10 aromatic carbocycles. The van der Waals surface area contributed by atoms with E-state index in [1.807, 2.05) is 216 Å². The van der Waals surface area contributed by atoms with Crippen LogP contribution < -0.4 is 63.5 Å². The molecule has 1 radical (unpaired) electrons. The van der Waals surface area contributed by atoms with E-state index in [2.05, 4.69) is 156 Å². The maximum atomic E-state index is 11.0. The first-order valence-corrected chi connectivity index (χ1v) is 40.9. The Morgan fingerprint density at radius 1 is 0.377 bits per heavy atom. The summed E-state index contributed by atoms with van der Waals surface area (Å²) in [6, 6.07) is 68.5. The molecular formula is C99H124ClN10O10UV+. The number of rotatable bonds is 20. The fourth-order valence-electron chi connectivity index (χ4n) is 14.5. The van der Waals surface area contributed by atoms with Crippen molar-refractivity contribution in [3.8, 4) is 74.2 Å². The van der Waals surface area contributed by atoms with E-state index < -0.39 is 6.10 Å². The molecule has 0 saturated carbocycles. The van der Waals surface area contributed by atoms with Gasteiger partial charge in [0.15, 0.2) is 6.29 Å². The number of hydrogen-bond donors (Lipinski definition) is 6. The van der Waals surface area contributed by atoms with Crippen LogP contribution in [0, 0.1) is 38.0 Å². The van der Waals surface area contributed by atoms with E-state index in [1.165, 1.54) is 0 Å². The van der Waals surface area contributed by atoms with Gasteiger partial charge in [0.1, 0.15) is 83.3 Å². The van der Waals surface area contributed by atoms with Gasteiger partial charge in [0.05, 0.1) is 11.6 Å². The minimum atomic E-state index is -0.643. The van der Waals surface area contributed by atoms with Crippen molar-refractivity contribution in [1.29, 1.82) is 0 Å². The summed E-state index contributed by atoms with van der Waals surface area (Å²) < 4.78 is 21.1. The molecule has 20 nitrogen and oxygen atoms in total. The Kier molecular flexibility index (Phi) is 38.1. The van der Waals surface area contributed by atoms with Crippen molar-refractivity contribution in [3.05, 3.63) is 257 Å². The number of aromatic hydroxyl groups is 5. The number of phenolic OH excluding ortho intramolecular Hbond substituents is 5. The molecule has 0 fully saturated rings. The zero-order valence-corrected chi connectivity index (χ0v) is 81.1. The second-order valence-electron chi connectivity index (χ2n) is 30.5. The Morgan fingerprint density at radius 3 is 1.14 bits per heavy atom. The van der Waals surface area contributed by atoms with Gasteiger partial charge in [0.2, 0.25) is 5.36 Å². The number of benzene rings is 11. The predicted molar refractivity (Wildman–Crippen MR) is 504 cm³/mol. The first-order valence-electron chi connectivity index (χ1n) is 40.9. The number of carbonyl (C=O) groups excluding carboxylic acids is 1. The van der Waals surface area contributed by atoms with Gasteiger partial charge in [0.25, 0.3) is 0 Å². The van der Waals surface area contributed by atoms with E-state index in [4.69, 9.17) is 24.1 Å². The second-order valence-corrected chi connectivity index (χ2v) is 30.5. The summed E-state index contributed by atoms with van der Waals surface area (Å²) in [6.45, 7) is 26.3. The molecule has 0 saturated heterocycles. The van der Waals surface area contributed by atoms with Crippen LogP contribution in [0.25, 0.3) is 33.4 Å². The molecular weight excluding hydrogens is 1810 g/mol. The zero-order chi connectivity index (χ0) is 86.6. The van der Waals surface area contributed by atoms with Crippen LogP contribution in [0.4, 0.5) is 51.2 Å². The van der Waals surface area contributed by atoms with Crippen LogP contribution in [0.3, 0.4) is 0 Å². The van der Waals surface area contributed by atoms with E-state index in [-0.39, 0.29) is 79.5 Å². The third kappa shape index (κ3) is 24.6. The molecule has 3 heterocycles. The normalized spacial score (nSPS) is 12.1. The van der Waals surface area contributed by atoms with Crippen LogP contribution in [-0.2, 0) is 18.6 Å². The first kappa shape index (κ1) is 100. The molecule has 2 atom stereocenters. The van der Waals surface area contributed by atoms with Crippen LogP contribution >= 0.6 is 12.4 Å². The Balaban J connectivity index is 0.000000239. The number of aliphatic hydroxyl groups is 1. The summed E-state index contributed by atoms with van der Waals surface area (Å²) in [4.78, 5) is 29.5. The summed E-state index contributed by atoms with van der Waals surface area (Å²) in [6.07, 6.45) is 0.0113. The predicted octanol–water partition coefficient (Wildman–Crippen LogP) is 19.9. The van der Waals surface area contributed by atoms with Gasteiger partial charge in [-0.3, -0.25) is 4.79 Å². The van der Waals surface area contributed by atoms with Crippen molar-refractivity contribution < 1.29 is 99.0 Å². The minimum absolute atomic E-state index is 0. The SMILES string of the molecule is CCN(CC)c1ccc(C=O)c(O)c1.CCN(CC)c1ccc2c(-c3ccc(N(C)C)cc3O)c3ccc(=[N+](C)C)cc-3oc2c1.CCN(CC)c1ccc2c(c1)Oc1cc(N(C)C)ccc1C2O.CCN(CC)c1ccc2c(c1)Oc1cc(N(C)C)ccc1C2c1ccc(N(C)C)cc1O.CN(C)c1cccc(O)c1.Cc1cccc(O)c1.Cl.[U].[V]. The number of fused-ring (bicyclic) bond motifs is 6. The van der Waals surface area contributed by atoms with Crippen LogP contribution in [0.5, 0.6) is 51.7 Å². The zero-order valence-electron chi connectivity index (χ0n) is 74.7. The smallest absolute Gasteiger partial charge is 0.203 e. The van der Waals surface area contributed by atoms with Crippen molar-refractivity contribution in [2.75, 3.05) is 181 Å². The molecule has 23 heteroatoms. The fourth-order valence-corrected chi connectivity index (χ4v) is 14.5. The van der Waals surface area contributed by atoms with Crippen LogP contribution in [-0.4, -0.2) is 174 Å². The van der Waals surface area contributed by atoms with Gasteiger partial charge in [-0.2, -0.15) is 0 Å². The number of aryl methyl sites for hydroxylation is 1. The average molecular weight is 1940 g/mol. The van der Waals surface area contributed by atoms with Gasteiger partial charge >= 0.3 is 0 Å². The summed E-state index contributed by atoms with van der Waals surface area (Å²) in [5.41, 5.74) is 19.1. The number of halogens is 1. The molecule has 4 aliphatic rings. The molecule has 645 valence electrons. The number of ether oxygens (including phenoxy) is 2. The fraction of sp³-hybridized carbons (Fsp3) is 0.313. The summed E-state index contributed by atoms with van der Waals surface area (Å²) in [7, 11) is 23.9. The van der Waals surface area contributed by atoms with Crippen molar-refractivity contribution in [1.82, 2.24) is 4.58 Å².